The van der Waals surface area contributed by atoms with Gasteiger partial charge in [0.1, 0.15) is 0 Å². The summed E-state index contributed by atoms with van der Waals surface area (Å²) in [5.74, 6) is 6.17. The maximum atomic E-state index is 4.92. The summed E-state index contributed by atoms with van der Waals surface area (Å²) in [6.45, 7) is 24.0. The van der Waals surface area contributed by atoms with E-state index in [1.165, 1.54) is 82.6 Å². The van der Waals surface area contributed by atoms with Gasteiger partial charge in [0.2, 0.25) is 0 Å². The molecule has 0 heteroatoms. The zero-order valence-corrected chi connectivity index (χ0v) is 21.5. The molecule has 0 aromatic carbocycles. The predicted octanol–water partition coefficient (Wildman–Crippen LogP) is 9.86. The third-order valence-electron chi connectivity index (χ3n) is 9.39. The third kappa shape index (κ3) is 6.74. The van der Waals surface area contributed by atoms with E-state index in [1.54, 1.807) is 5.57 Å². The van der Waals surface area contributed by atoms with Crippen LogP contribution in [0.3, 0.4) is 0 Å². The summed E-state index contributed by atoms with van der Waals surface area (Å²) >= 11 is 0. The van der Waals surface area contributed by atoms with E-state index in [4.69, 9.17) is 6.58 Å². The number of hydrogen-bond donors (Lipinski definition) is 0. The van der Waals surface area contributed by atoms with E-state index < -0.39 is 0 Å². The van der Waals surface area contributed by atoms with Crippen LogP contribution in [0.15, 0.2) is 24.3 Å². The largest absolute Gasteiger partial charge is 0.0999 e. The molecule has 2 rings (SSSR count). The molecule has 7 unspecified atom stereocenters. The minimum atomic E-state index is 0.614. The molecule has 0 nitrogen and oxygen atoms in total. The maximum Gasteiger partial charge on any atom is -0.0141 e. The van der Waals surface area contributed by atoms with Crippen LogP contribution >= 0.6 is 0 Å². The smallest absolute Gasteiger partial charge is 0.0141 e. The van der Waals surface area contributed by atoms with Crippen LogP contribution in [0.4, 0.5) is 0 Å². The summed E-state index contributed by atoms with van der Waals surface area (Å²) in [4.78, 5) is 0. The summed E-state index contributed by atoms with van der Waals surface area (Å²) in [6, 6.07) is 0. The minimum absolute atomic E-state index is 0.614. The first-order chi connectivity index (χ1) is 14.3. The normalized spacial score (nSPS) is 29.7. The quantitative estimate of drug-likeness (QED) is 0.233. The lowest BCUT2D eigenvalue weighted by Gasteiger charge is -2.46. The summed E-state index contributed by atoms with van der Waals surface area (Å²) < 4.78 is 0. The van der Waals surface area contributed by atoms with Crippen molar-refractivity contribution in [1.29, 1.82) is 0 Å². The van der Waals surface area contributed by atoms with Gasteiger partial charge in [0, 0.05) is 0 Å². The van der Waals surface area contributed by atoms with E-state index in [9.17, 15) is 0 Å². The molecule has 0 bridgehead atoms. The Bertz CT molecular complexity index is 522. The summed E-state index contributed by atoms with van der Waals surface area (Å²) in [5.41, 5.74) is 3.04. The van der Waals surface area contributed by atoms with Gasteiger partial charge in [0.15, 0.2) is 0 Å². The monoisotopic (exact) mass is 414 g/mol. The Morgan fingerprint density at radius 1 is 0.900 bits per heavy atom. The molecule has 0 saturated heterocycles. The van der Waals surface area contributed by atoms with Crippen LogP contribution in [0, 0.1) is 47.3 Å². The second-order valence-corrected chi connectivity index (χ2v) is 11.6. The van der Waals surface area contributed by atoms with Crippen LogP contribution < -0.4 is 0 Å². The Hall–Kier alpha value is -0.520. The van der Waals surface area contributed by atoms with Gasteiger partial charge >= 0.3 is 0 Å². The zero-order valence-electron chi connectivity index (χ0n) is 21.5. The van der Waals surface area contributed by atoms with E-state index in [1.807, 2.05) is 0 Å². The minimum Gasteiger partial charge on any atom is -0.0999 e. The van der Waals surface area contributed by atoms with Gasteiger partial charge in [-0.3, -0.25) is 0 Å². The highest BCUT2D eigenvalue weighted by molar-refractivity contribution is 5.14. The van der Waals surface area contributed by atoms with Crippen molar-refractivity contribution in [3.63, 3.8) is 0 Å². The highest BCUT2D eigenvalue weighted by Gasteiger charge is 2.41. The lowest BCUT2D eigenvalue weighted by molar-refractivity contribution is 0.102. The van der Waals surface area contributed by atoms with Gasteiger partial charge in [-0.1, -0.05) is 117 Å². The van der Waals surface area contributed by atoms with E-state index in [2.05, 4.69) is 48.1 Å². The molecule has 174 valence electrons. The van der Waals surface area contributed by atoms with Gasteiger partial charge in [-0.2, -0.15) is 0 Å². The SMILES string of the molecule is C=C(C)C(C)C(C1CCCCC1)C(C(=C)C1CCC(C)C(C)C1)C(C)CCCCC. The Morgan fingerprint density at radius 2 is 1.57 bits per heavy atom. The Labute approximate surface area is 190 Å². The highest BCUT2D eigenvalue weighted by atomic mass is 14.5. The summed E-state index contributed by atoms with van der Waals surface area (Å²) in [6.07, 6.45) is 16.8. The molecule has 0 aromatic heterocycles. The fourth-order valence-corrected chi connectivity index (χ4v) is 6.90. The van der Waals surface area contributed by atoms with Crippen molar-refractivity contribution in [1.82, 2.24) is 0 Å². The number of hydrogen-bond acceptors (Lipinski definition) is 0. The van der Waals surface area contributed by atoms with Crippen molar-refractivity contribution in [3.05, 3.63) is 24.3 Å². The first-order valence-electron chi connectivity index (χ1n) is 13.6. The molecular formula is C30H54. The molecule has 0 heterocycles. The Balaban J connectivity index is 2.32. The van der Waals surface area contributed by atoms with Gasteiger partial charge < -0.3 is 0 Å². The zero-order chi connectivity index (χ0) is 22.3. The van der Waals surface area contributed by atoms with Crippen LogP contribution in [0.1, 0.15) is 119 Å². The number of allylic oxidation sites excluding steroid dienone is 2. The van der Waals surface area contributed by atoms with Gasteiger partial charge in [-0.25, -0.2) is 0 Å². The molecule has 0 amide bonds. The molecular weight excluding hydrogens is 360 g/mol. The van der Waals surface area contributed by atoms with Crippen molar-refractivity contribution >= 4 is 0 Å². The topological polar surface area (TPSA) is 0 Å². The van der Waals surface area contributed by atoms with Crippen molar-refractivity contribution in [2.45, 2.75) is 119 Å². The van der Waals surface area contributed by atoms with Crippen LogP contribution in [0.25, 0.3) is 0 Å². The van der Waals surface area contributed by atoms with Crippen LogP contribution in [-0.4, -0.2) is 0 Å². The third-order valence-corrected chi connectivity index (χ3v) is 9.39. The van der Waals surface area contributed by atoms with Gasteiger partial charge in [-0.15, -0.1) is 0 Å². The standard InChI is InChI=1S/C30H54/c1-9-10-12-15-23(5)29(26(8)28-19-18-22(4)24(6)20-28)30(25(7)21(2)3)27-16-13-11-14-17-27/h22-25,27-30H,2,8-20H2,1,3-7H3. The van der Waals surface area contributed by atoms with Gasteiger partial charge in [-0.05, 0) is 73.5 Å². The second-order valence-electron chi connectivity index (χ2n) is 11.6. The fourth-order valence-electron chi connectivity index (χ4n) is 6.90. The van der Waals surface area contributed by atoms with Crippen LogP contribution in [-0.2, 0) is 0 Å². The number of rotatable bonds is 11. The van der Waals surface area contributed by atoms with E-state index in [-0.39, 0.29) is 0 Å². The van der Waals surface area contributed by atoms with Crippen LogP contribution in [0.5, 0.6) is 0 Å². The predicted molar refractivity (Wildman–Crippen MR) is 136 cm³/mol. The Morgan fingerprint density at radius 3 is 2.13 bits per heavy atom. The molecule has 2 saturated carbocycles. The number of unbranched alkanes of at least 4 members (excludes halogenated alkanes) is 2. The van der Waals surface area contributed by atoms with Crippen molar-refractivity contribution in [3.8, 4) is 0 Å². The van der Waals surface area contributed by atoms with Gasteiger partial charge in [0.05, 0.1) is 0 Å². The lowest BCUT2D eigenvalue weighted by Crippen LogP contribution is -2.38. The summed E-state index contributed by atoms with van der Waals surface area (Å²) in [7, 11) is 0. The van der Waals surface area contributed by atoms with Crippen LogP contribution in [0.2, 0.25) is 0 Å². The van der Waals surface area contributed by atoms with E-state index in [0.717, 1.165) is 35.5 Å². The first kappa shape index (κ1) is 25.7. The lowest BCUT2D eigenvalue weighted by atomic mass is 9.59. The molecule has 0 spiro atoms. The van der Waals surface area contributed by atoms with Crippen molar-refractivity contribution in [2.24, 2.45) is 47.3 Å². The van der Waals surface area contributed by atoms with Crippen molar-refractivity contribution < 1.29 is 0 Å². The van der Waals surface area contributed by atoms with E-state index >= 15 is 0 Å². The average Bonchev–Trinajstić information content (AvgIpc) is 2.73. The second kappa shape index (κ2) is 12.5. The highest BCUT2D eigenvalue weighted by Crippen LogP contribution is 2.50. The fraction of sp³-hybridized carbons (Fsp3) is 0.867. The molecule has 2 fully saturated rings. The molecule has 0 aliphatic heterocycles. The molecule has 7 atom stereocenters. The average molecular weight is 415 g/mol. The van der Waals surface area contributed by atoms with Gasteiger partial charge in [0.25, 0.3) is 0 Å². The molecule has 2 aliphatic rings. The Kier molecular flexibility index (Phi) is 10.7. The first-order valence-corrected chi connectivity index (χ1v) is 13.6. The summed E-state index contributed by atoms with van der Waals surface area (Å²) in [5, 5.41) is 0. The maximum absolute atomic E-state index is 4.92. The molecule has 0 aromatic rings. The van der Waals surface area contributed by atoms with Crippen molar-refractivity contribution in [2.75, 3.05) is 0 Å². The molecule has 2 aliphatic carbocycles. The molecule has 0 N–H and O–H groups in total. The van der Waals surface area contributed by atoms with E-state index in [0.29, 0.717) is 11.8 Å². The molecule has 0 radical (unpaired) electrons. The molecule has 30 heavy (non-hydrogen) atoms.